The van der Waals surface area contributed by atoms with Crippen LogP contribution in [0.4, 0.5) is 5.69 Å². The van der Waals surface area contributed by atoms with Crippen LogP contribution in [0.5, 0.6) is 5.75 Å². The number of ether oxygens (including phenoxy) is 1. The van der Waals surface area contributed by atoms with Crippen molar-refractivity contribution in [3.8, 4) is 5.75 Å². The summed E-state index contributed by atoms with van der Waals surface area (Å²) in [6, 6.07) is 14.2. The van der Waals surface area contributed by atoms with Crippen molar-refractivity contribution in [1.82, 2.24) is 0 Å². The number of carbonyl (C=O) groups is 2. The van der Waals surface area contributed by atoms with E-state index >= 15 is 0 Å². The van der Waals surface area contributed by atoms with Crippen LogP contribution >= 0.6 is 11.8 Å². The Morgan fingerprint density at radius 3 is 2.48 bits per heavy atom. The zero-order valence-corrected chi connectivity index (χ0v) is 18.6. The minimum atomic E-state index is -0.759. The van der Waals surface area contributed by atoms with Gasteiger partial charge in [-0.15, -0.1) is 11.8 Å². The molecular formula is C25H25NO4S. The maximum Gasteiger partial charge on any atom is 0.294 e. The van der Waals surface area contributed by atoms with E-state index in [9.17, 15) is 14.7 Å². The van der Waals surface area contributed by atoms with Crippen molar-refractivity contribution in [3.63, 3.8) is 0 Å². The van der Waals surface area contributed by atoms with Gasteiger partial charge in [0.1, 0.15) is 5.75 Å². The Morgan fingerprint density at radius 1 is 1.16 bits per heavy atom. The summed E-state index contributed by atoms with van der Waals surface area (Å²) in [6.07, 6.45) is 1.02. The number of aliphatic hydroxyl groups excluding tert-OH is 1. The minimum Gasteiger partial charge on any atom is -0.503 e. The largest absolute Gasteiger partial charge is 0.503 e. The fourth-order valence-electron chi connectivity index (χ4n) is 4.06. The molecule has 2 aromatic carbocycles. The third-order valence-corrected chi connectivity index (χ3v) is 6.55. The molecule has 0 aromatic heterocycles. The molecule has 2 heterocycles. The second-order valence-corrected chi connectivity index (χ2v) is 8.89. The number of hydrogen-bond donors (Lipinski definition) is 1. The monoisotopic (exact) mass is 435 g/mol. The second kappa shape index (κ2) is 8.63. The Balaban J connectivity index is 1.82. The van der Waals surface area contributed by atoms with Gasteiger partial charge in [-0.2, -0.15) is 0 Å². The SMILES string of the molecule is COc1ccccc1[C@@H]1C(C(=O)C(C)C)=C(O)C(=O)N1c1ccc(C2=CSCC2)cc1. The van der Waals surface area contributed by atoms with Crippen molar-refractivity contribution < 1.29 is 19.4 Å². The van der Waals surface area contributed by atoms with Crippen LogP contribution in [0, 0.1) is 5.92 Å². The molecule has 31 heavy (non-hydrogen) atoms. The summed E-state index contributed by atoms with van der Waals surface area (Å²) in [5.41, 5.74) is 3.79. The first-order valence-corrected chi connectivity index (χ1v) is 11.3. The van der Waals surface area contributed by atoms with Crippen LogP contribution in [0.2, 0.25) is 0 Å². The van der Waals surface area contributed by atoms with E-state index in [-0.39, 0.29) is 17.3 Å². The lowest BCUT2D eigenvalue weighted by atomic mass is 9.90. The van der Waals surface area contributed by atoms with Crippen LogP contribution in [0.3, 0.4) is 0 Å². The highest BCUT2D eigenvalue weighted by atomic mass is 32.2. The van der Waals surface area contributed by atoms with Gasteiger partial charge < -0.3 is 9.84 Å². The van der Waals surface area contributed by atoms with E-state index in [1.165, 1.54) is 10.5 Å². The van der Waals surface area contributed by atoms with E-state index in [0.717, 1.165) is 17.7 Å². The Bertz CT molecular complexity index is 1080. The smallest absolute Gasteiger partial charge is 0.294 e. The maximum atomic E-state index is 13.2. The third-order valence-electron chi connectivity index (χ3n) is 5.66. The molecule has 0 aliphatic carbocycles. The van der Waals surface area contributed by atoms with E-state index < -0.39 is 17.7 Å². The number of amides is 1. The molecule has 0 bridgehead atoms. The molecule has 1 atom stereocenters. The van der Waals surface area contributed by atoms with Crippen LogP contribution in [0.15, 0.2) is 65.3 Å². The van der Waals surface area contributed by atoms with Gasteiger partial charge in [0.15, 0.2) is 11.5 Å². The first-order chi connectivity index (χ1) is 14.9. The highest BCUT2D eigenvalue weighted by Crippen LogP contribution is 2.44. The Labute approximate surface area is 186 Å². The predicted octanol–water partition coefficient (Wildman–Crippen LogP) is 5.30. The minimum absolute atomic E-state index is 0.114. The molecule has 1 amide bonds. The normalized spacial score (nSPS) is 18.7. The van der Waals surface area contributed by atoms with Crippen molar-refractivity contribution in [1.29, 1.82) is 0 Å². The summed E-state index contributed by atoms with van der Waals surface area (Å²) in [5.74, 6) is -0.0586. The second-order valence-electron chi connectivity index (χ2n) is 7.91. The van der Waals surface area contributed by atoms with Gasteiger partial charge in [0, 0.05) is 22.9 Å². The average molecular weight is 436 g/mol. The Hall–Kier alpha value is -2.99. The number of anilines is 1. The van der Waals surface area contributed by atoms with Crippen molar-refractivity contribution in [2.24, 2.45) is 5.92 Å². The quantitative estimate of drug-likeness (QED) is 0.667. The van der Waals surface area contributed by atoms with E-state index in [1.54, 1.807) is 38.8 Å². The number of ketones is 1. The van der Waals surface area contributed by atoms with Gasteiger partial charge in [-0.05, 0) is 41.2 Å². The molecule has 160 valence electrons. The van der Waals surface area contributed by atoms with Gasteiger partial charge in [-0.3, -0.25) is 14.5 Å². The number of rotatable bonds is 6. The van der Waals surface area contributed by atoms with Gasteiger partial charge in [0.2, 0.25) is 0 Å². The van der Waals surface area contributed by atoms with Crippen molar-refractivity contribution in [2.45, 2.75) is 26.3 Å². The van der Waals surface area contributed by atoms with Gasteiger partial charge in [-0.25, -0.2) is 0 Å². The molecule has 1 N–H and O–H groups in total. The van der Waals surface area contributed by atoms with Gasteiger partial charge in [0.25, 0.3) is 5.91 Å². The Morgan fingerprint density at radius 2 is 1.87 bits per heavy atom. The zero-order chi connectivity index (χ0) is 22.1. The summed E-state index contributed by atoms with van der Waals surface area (Å²) in [4.78, 5) is 27.7. The standard InChI is InChI=1S/C25H25NO4S/c1-15(2)23(27)21-22(19-6-4-5-7-20(19)30-3)26(25(29)24(21)28)18-10-8-16(9-11-18)17-12-13-31-14-17/h4-11,14-15,22,28H,12-13H2,1-3H3/t22-/m1/s1. The van der Waals surface area contributed by atoms with Gasteiger partial charge >= 0.3 is 0 Å². The van der Waals surface area contributed by atoms with E-state index in [4.69, 9.17) is 4.74 Å². The number of methoxy groups -OCH3 is 1. The molecule has 0 radical (unpaired) electrons. The first kappa shape index (κ1) is 21.2. The lowest BCUT2D eigenvalue weighted by Crippen LogP contribution is -2.31. The third kappa shape index (κ3) is 3.76. The predicted molar refractivity (Wildman–Crippen MR) is 124 cm³/mol. The summed E-state index contributed by atoms with van der Waals surface area (Å²) < 4.78 is 5.52. The number of thioether (sulfide) groups is 1. The first-order valence-electron chi connectivity index (χ1n) is 10.3. The van der Waals surface area contributed by atoms with Gasteiger partial charge in [-0.1, -0.05) is 44.2 Å². The average Bonchev–Trinajstić information content (AvgIpc) is 3.41. The number of hydrogen-bond acceptors (Lipinski definition) is 5. The molecule has 2 aliphatic rings. The molecule has 0 spiro atoms. The molecule has 0 unspecified atom stereocenters. The van der Waals surface area contributed by atoms with Crippen LogP contribution in [0.1, 0.15) is 37.4 Å². The van der Waals surface area contributed by atoms with Crippen molar-refractivity contribution in [3.05, 3.63) is 76.4 Å². The van der Waals surface area contributed by atoms with Crippen molar-refractivity contribution in [2.75, 3.05) is 17.8 Å². The summed E-state index contributed by atoms with van der Waals surface area (Å²) in [6.45, 7) is 3.52. The lowest BCUT2D eigenvalue weighted by Gasteiger charge is -2.28. The number of Topliss-reactive ketones (excluding diaryl/α,β-unsaturated/α-hetero) is 1. The molecule has 4 rings (SSSR count). The van der Waals surface area contributed by atoms with Crippen LogP contribution < -0.4 is 9.64 Å². The molecular weight excluding hydrogens is 410 g/mol. The fraction of sp³-hybridized carbons (Fsp3) is 0.280. The molecule has 2 aromatic rings. The number of para-hydroxylation sites is 1. The number of carbonyl (C=O) groups excluding carboxylic acids is 2. The highest BCUT2D eigenvalue weighted by Gasteiger charge is 2.45. The molecule has 6 heteroatoms. The molecule has 0 fully saturated rings. The number of nitrogens with zero attached hydrogens (tertiary/aromatic N) is 1. The number of benzene rings is 2. The Kier molecular flexibility index (Phi) is 5.92. The number of aliphatic hydroxyl groups is 1. The summed E-state index contributed by atoms with van der Waals surface area (Å²) in [7, 11) is 1.55. The molecule has 2 aliphatic heterocycles. The van der Waals surface area contributed by atoms with Crippen molar-refractivity contribution >= 4 is 34.7 Å². The zero-order valence-electron chi connectivity index (χ0n) is 17.8. The van der Waals surface area contributed by atoms with E-state index in [2.05, 4.69) is 5.41 Å². The van der Waals surface area contributed by atoms with Crippen LogP contribution in [-0.4, -0.2) is 29.7 Å². The van der Waals surface area contributed by atoms with Crippen LogP contribution in [-0.2, 0) is 9.59 Å². The maximum absolute atomic E-state index is 13.2. The summed E-state index contributed by atoms with van der Waals surface area (Å²) in [5, 5.41) is 12.9. The topological polar surface area (TPSA) is 66.8 Å². The molecule has 0 saturated heterocycles. The number of allylic oxidation sites excluding steroid dienone is 1. The molecule has 5 nitrogen and oxygen atoms in total. The molecule has 0 saturated carbocycles. The lowest BCUT2D eigenvalue weighted by molar-refractivity contribution is -0.119. The fourth-order valence-corrected chi connectivity index (χ4v) is 4.97. The van der Waals surface area contributed by atoms with Crippen LogP contribution in [0.25, 0.3) is 5.57 Å². The highest BCUT2D eigenvalue weighted by molar-refractivity contribution is 8.02. The van der Waals surface area contributed by atoms with E-state index in [0.29, 0.717) is 17.0 Å². The summed E-state index contributed by atoms with van der Waals surface area (Å²) >= 11 is 1.80. The van der Waals surface area contributed by atoms with E-state index in [1.807, 2.05) is 42.5 Å². The van der Waals surface area contributed by atoms with Gasteiger partial charge in [0.05, 0.1) is 18.7 Å².